The van der Waals surface area contributed by atoms with Gasteiger partial charge in [0.1, 0.15) is 4.21 Å². The summed E-state index contributed by atoms with van der Waals surface area (Å²) >= 11 is 6.88. The van der Waals surface area contributed by atoms with Gasteiger partial charge in [-0.2, -0.15) is 0 Å². The van der Waals surface area contributed by atoms with Crippen LogP contribution in [0.15, 0.2) is 40.6 Å². The van der Waals surface area contributed by atoms with Crippen molar-refractivity contribution in [2.75, 3.05) is 20.6 Å². The lowest BCUT2D eigenvalue weighted by Crippen LogP contribution is -2.34. The molecule has 0 bridgehead atoms. The van der Waals surface area contributed by atoms with Crippen molar-refractivity contribution < 1.29 is 8.42 Å². The monoisotopic (exact) mass is 372 g/mol. The molecular weight excluding hydrogens is 352 g/mol. The van der Waals surface area contributed by atoms with Gasteiger partial charge in [-0.05, 0) is 43.8 Å². The normalized spacial score (nSPS) is 13.4. The molecule has 1 atom stereocenters. The number of benzene rings is 1. The Bertz CT molecular complexity index is 740. The highest BCUT2D eigenvalue weighted by molar-refractivity contribution is 7.91. The van der Waals surface area contributed by atoms with Gasteiger partial charge in [-0.3, -0.25) is 0 Å². The van der Waals surface area contributed by atoms with Crippen LogP contribution in [0.2, 0.25) is 4.34 Å². The van der Waals surface area contributed by atoms with E-state index in [0.717, 1.165) is 23.3 Å². The molecule has 1 aromatic carbocycles. The zero-order valence-electron chi connectivity index (χ0n) is 13.4. The van der Waals surface area contributed by atoms with E-state index in [1.165, 1.54) is 11.6 Å². The van der Waals surface area contributed by atoms with E-state index in [1.807, 2.05) is 19.0 Å². The van der Waals surface area contributed by atoms with Gasteiger partial charge in [0.2, 0.25) is 10.0 Å². The van der Waals surface area contributed by atoms with Gasteiger partial charge < -0.3 is 4.90 Å². The molecule has 0 spiro atoms. The van der Waals surface area contributed by atoms with Crippen molar-refractivity contribution in [3.8, 4) is 0 Å². The summed E-state index contributed by atoms with van der Waals surface area (Å²) in [6.07, 6.45) is 0.985. The van der Waals surface area contributed by atoms with Gasteiger partial charge >= 0.3 is 0 Å². The fraction of sp³-hybridized carbons (Fsp3) is 0.375. The fourth-order valence-electron chi connectivity index (χ4n) is 2.28. The maximum atomic E-state index is 12.3. The summed E-state index contributed by atoms with van der Waals surface area (Å²) in [6.45, 7) is 2.41. The molecule has 0 radical (unpaired) electrons. The van der Waals surface area contributed by atoms with Crippen molar-refractivity contribution in [1.82, 2.24) is 9.62 Å². The number of sulfonamides is 1. The predicted molar refractivity (Wildman–Crippen MR) is 96.8 cm³/mol. The van der Waals surface area contributed by atoms with E-state index in [0.29, 0.717) is 10.9 Å². The van der Waals surface area contributed by atoms with Crippen molar-refractivity contribution >= 4 is 33.0 Å². The maximum absolute atomic E-state index is 12.3. The Morgan fingerprint density at radius 1 is 1.17 bits per heavy atom. The lowest BCUT2D eigenvalue weighted by molar-refractivity contribution is 0.299. The van der Waals surface area contributed by atoms with Gasteiger partial charge in [-0.15, -0.1) is 11.3 Å². The van der Waals surface area contributed by atoms with Crippen LogP contribution in [0.4, 0.5) is 0 Å². The minimum atomic E-state index is -3.53. The first-order valence-corrected chi connectivity index (χ1v) is 10.0. The van der Waals surface area contributed by atoms with Crippen LogP contribution in [0.3, 0.4) is 0 Å². The van der Waals surface area contributed by atoms with E-state index in [4.69, 9.17) is 11.6 Å². The summed E-state index contributed by atoms with van der Waals surface area (Å²) in [4.78, 5) is 2.00. The molecule has 7 heteroatoms. The Morgan fingerprint density at radius 2 is 1.83 bits per heavy atom. The third-order valence-corrected chi connectivity index (χ3v) is 6.82. The number of hydrogen-bond donors (Lipinski definition) is 1. The Balaban J connectivity index is 2.13. The average Bonchev–Trinajstić information content (AvgIpc) is 2.95. The molecule has 1 aromatic heterocycles. The van der Waals surface area contributed by atoms with E-state index in [2.05, 4.69) is 35.9 Å². The molecular formula is C16H21ClN2O2S2. The summed E-state index contributed by atoms with van der Waals surface area (Å²) in [5.74, 6) is 0. The molecule has 0 aliphatic carbocycles. The van der Waals surface area contributed by atoms with E-state index >= 15 is 0 Å². The highest BCUT2D eigenvalue weighted by Gasteiger charge is 2.21. The van der Waals surface area contributed by atoms with E-state index in [-0.39, 0.29) is 10.3 Å². The highest BCUT2D eigenvalue weighted by atomic mass is 35.5. The second kappa shape index (κ2) is 7.77. The molecule has 2 rings (SSSR count). The van der Waals surface area contributed by atoms with Crippen molar-refractivity contribution in [2.24, 2.45) is 0 Å². The summed E-state index contributed by atoms with van der Waals surface area (Å²) < 4.78 is 28.0. The minimum absolute atomic E-state index is 0.0360. The molecule has 126 valence electrons. The average molecular weight is 373 g/mol. The summed E-state index contributed by atoms with van der Waals surface area (Å²) in [5, 5.41) is 0. The third kappa shape index (κ3) is 4.78. The summed E-state index contributed by atoms with van der Waals surface area (Å²) in [6, 6.07) is 11.4. The van der Waals surface area contributed by atoms with Crippen molar-refractivity contribution in [3.63, 3.8) is 0 Å². The van der Waals surface area contributed by atoms with Gasteiger partial charge in [-0.1, -0.05) is 42.8 Å². The second-order valence-electron chi connectivity index (χ2n) is 5.48. The molecule has 0 aliphatic heterocycles. The zero-order valence-corrected chi connectivity index (χ0v) is 15.8. The van der Waals surface area contributed by atoms with Crippen LogP contribution < -0.4 is 4.72 Å². The Morgan fingerprint density at radius 3 is 2.30 bits per heavy atom. The number of likely N-dealkylation sites (N-methyl/N-ethyl adjacent to an activating group) is 1. The molecule has 4 nitrogen and oxygen atoms in total. The van der Waals surface area contributed by atoms with Crippen LogP contribution in [0.25, 0.3) is 0 Å². The summed E-state index contributed by atoms with van der Waals surface area (Å²) in [7, 11) is 0.347. The Kier molecular flexibility index (Phi) is 6.22. The van der Waals surface area contributed by atoms with E-state index in [1.54, 1.807) is 6.07 Å². The van der Waals surface area contributed by atoms with Crippen LogP contribution >= 0.6 is 22.9 Å². The number of thiophene rings is 1. The summed E-state index contributed by atoms with van der Waals surface area (Å²) in [5.41, 5.74) is 2.35. The van der Waals surface area contributed by atoms with Gasteiger partial charge in [0, 0.05) is 12.6 Å². The largest absolute Gasteiger partial charge is 0.301 e. The van der Waals surface area contributed by atoms with Crippen LogP contribution in [-0.2, 0) is 16.4 Å². The van der Waals surface area contributed by atoms with Crippen LogP contribution in [0, 0.1) is 0 Å². The standard InChI is InChI=1S/C16H21ClN2O2S2/c1-4-12-5-7-13(8-6-12)14(19(2)3)11-18-23(20,21)16-10-9-15(17)22-16/h5-10,14,18H,4,11H2,1-3H3. The first-order chi connectivity index (χ1) is 10.8. The zero-order chi connectivity index (χ0) is 17.0. The second-order valence-corrected chi connectivity index (χ2v) is 9.19. The van der Waals surface area contributed by atoms with E-state index < -0.39 is 10.0 Å². The number of nitrogens with one attached hydrogen (secondary N) is 1. The molecule has 0 saturated heterocycles. The van der Waals surface area contributed by atoms with Crippen molar-refractivity contribution in [3.05, 3.63) is 51.9 Å². The molecule has 0 aliphatic rings. The molecule has 0 fully saturated rings. The molecule has 1 heterocycles. The van der Waals surface area contributed by atoms with Gasteiger partial charge in [0.25, 0.3) is 0 Å². The molecule has 0 saturated carbocycles. The van der Waals surface area contributed by atoms with Gasteiger partial charge in [0.05, 0.1) is 4.34 Å². The smallest absolute Gasteiger partial charge is 0.250 e. The van der Waals surface area contributed by atoms with Crippen molar-refractivity contribution in [2.45, 2.75) is 23.6 Å². The van der Waals surface area contributed by atoms with Crippen LogP contribution in [0.5, 0.6) is 0 Å². The van der Waals surface area contributed by atoms with Crippen LogP contribution in [0.1, 0.15) is 24.1 Å². The SMILES string of the molecule is CCc1ccc(C(CNS(=O)(=O)c2ccc(Cl)s2)N(C)C)cc1. The molecule has 2 aromatic rings. The number of hydrogen-bond acceptors (Lipinski definition) is 4. The lowest BCUT2D eigenvalue weighted by Gasteiger charge is -2.25. The Labute approximate surface area is 147 Å². The first kappa shape index (κ1) is 18.4. The third-order valence-electron chi connectivity index (χ3n) is 3.68. The molecule has 1 unspecified atom stereocenters. The topological polar surface area (TPSA) is 49.4 Å². The van der Waals surface area contributed by atoms with E-state index in [9.17, 15) is 8.42 Å². The number of rotatable bonds is 7. The predicted octanol–water partition coefficient (Wildman–Crippen LogP) is 3.55. The molecule has 23 heavy (non-hydrogen) atoms. The van der Waals surface area contributed by atoms with Gasteiger partial charge in [0.15, 0.2) is 0 Å². The number of nitrogens with zero attached hydrogens (tertiary/aromatic N) is 1. The fourth-order valence-corrected chi connectivity index (χ4v) is 4.84. The van der Waals surface area contributed by atoms with Gasteiger partial charge in [-0.25, -0.2) is 13.1 Å². The quantitative estimate of drug-likeness (QED) is 0.808. The molecule has 1 N–H and O–H groups in total. The number of halogens is 1. The Hall–Kier alpha value is -0.920. The minimum Gasteiger partial charge on any atom is -0.301 e. The molecule has 0 amide bonds. The van der Waals surface area contributed by atoms with Crippen molar-refractivity contribution in [1.29, 1.82) is 0 Å². The highest BCUT2D eigenvalue weighted by Crippen LogP contribution is 2.26. The number of aryl methyl sites for hydroxylation is 1. The van der Waals surface area contributed by atoms with Crippen LogP contribution in [-0.4, -0.2) is 34.0 Å². The first-order valence-electron chi connectivity index (χ1n) is 7.33. The lowest BCUT2D eigenvalue weighted by atomic mass is 10.0. The maximum Gasteiger partial charge on any atom is 0.250 e.